The summed E-state index contributed by atoms with van der Waals surface area (Å²) >= 11 is 6.23. The van der Waals surface area contributed by atoms with Gasteiger partial charge in [0, 0.05) is 6.07 Å². The van der Waals surface area contributed by atoms with E-state index in [1.165, 1.54) is 0 Å². The van der Waals surface area contributed by atoms with Crippen molar-refractivity contribution in [2.24, 2.45) is 0 Å². The molecule has 0 aliphatic heterocycles. The number of imidazole rings is 2. The molecule has 0 saturated heterocycles. The molecule has 2 aromatic heterocycles. The molecule has 122 valence electrons. The van der Waals surface area contributed by atoms with Gasteiger partial charge in [-0.25, -0.2) is 9.78 Å². The Labute approximate surface area is 140 Å². The van der Waals surface area contributed by atoms with Gasteiger partial charge in [0.05, 0.1) is 46.9 Å². The van der Waals surface area contributed by atoms with Crippen LogP contribution in [0.15, 0.2) is 29.1 Å². The third kappa shape index (κ3) is 2.21. The van der Waals surface area contributed by atoms with E-state index in [4.69, 9.17) is 21.1 Å². The lowest BCUT2D eigenvalue weighted by molar-refractivity contribution is 0.395. The van der Waals surface area contributed by atoms with Crippen LogP contribution in [0.25, 0.3) is 33.5 Å². The molecule has 2 aromatic carbocycles. The number of fused-ring (bicyclic) bond motifs is 2. The van der Waals surface area contributed by atoms with Gasteiger partial charge in [0.15, 0.2) is 0 Å². The molecule has 7 nitrogen and oxygen atoms in total. The molecule has 0 saturated carbocycles. The third-order valence-corrected chi connectivity index (χ3v) is 4.14. The fourth-order valence-corrected chi connectivity index (χ4v) is 2.95. The van der Waals surface area contributed by atoms with Gasteiger partial charge in [-0.2, -0.15) is 0 Å². The molecule has 0 unspecified atom stereocenters. The van der Waals surface area contributed by atoms with Crippen molar-refractivity contribution >= 4 is 33.7 Å². The topological polar surface area (TPSA) is 95.8 Å². The van der Waals surface area contributed by atoms with E-state index in [1.807, 2.05) is 6.07 Å². The number of hydrogen-bond acceptors (Lipinski definition) is 4. The summed E-state index contributed by atoms with van der Waals surface area (Å²) in [5.74, 6) is 1.73. The minimum Gasteiger partial charge on any atom is -0.496 e. The van der Waals surface area contributed by atoms with Gasteiger partial charge in [0.25, 0.3) is 0 Å². The fourth-order valence-electron chi connectivity index (χ4n) is 2.71. The summed E-state index contributed by atoms with van der Waals surface area (Å²) in [7, 11) is 3.12. The fraction of sp³-hybridized carbons (Fsp3) is 0.125. The summed E-state index contributed by atoms with van der Waals surface area (Å²) in [6, 6.07) is 7.09. The molecule has 8 heteroatoms. The first-order chi connectivity index (χ1) is 11.6. The Balaban J connectivity index is 1.93. The van der Waals surface area contributed by atoms with Crippen LogP contribution in [0.5, 0.6) is 11.5 Å². The van der Waals surface area contributed by atoms with Gasteiger partial charge < -0.3 is 24.4 Å². The van der Waals surface area contributed by atoms with E-state index < -0.39 is 0 Å². The SMILES string of the molecule is COc1cc(OC)c(-c2nc3cc4[nH]c(=O)[nH]c4cc3[nH]2)cc1Cl. The van der Waals surface area contributed by atoms with Crippen molar-refractivity contribution in [3.63, 3.8) is 0 Å². The van der Waals surface area contributed by atoms with Crippen LogP contribution in [-0.2, 0) is 0 Å². The molecular formula is C16H13ClN4O3. The van der Waals surface area contributed by atoms with Gasteiger partial charge in [0.2, 0.25) is 0 Å². The van der Waals surface area contributed by atoms with Crippen molar-refractivity contribution < 1.29 is 9.47 Å². The summed E-state index contributed by atoms with van der Waals surface area (Å²) in [4.78, 5) is 24.6. The van der Waals surface area contributed by atoms with Gasteiger partial charge in [-0.15, -0.1) is 0 Å². The number of nitrogens with one attached hydrogen (secondary N) is 3. The molecule has 0 fully saturated rings. The van der Waals surface area contributed by atoms with E-state index in [1.54, 1.807) is 32.4 Å². The van der Waals surface area contributed by atoms with Gasteiger partial charge in [-0.3, -0.25) is 0 Å². The highest BCUT2D eigenvalue weighted by Crippen LogP contribution is 2.38. The van der Waals surface area contributed by atoms with Crippen LogP contribution in [0, 0.1) is 0 Å². The van der Waals surface area contributed by atoms with Crippen molar-refractivity contribution in [1.29, 1.82) is 0 Å². The predicted octanol–water partition coefficient (Wildman–Crippen LogP) is 3.07. The standard InChI is InChI=1S/C16H13ClN4O3/c1-23-13-6-14(24-2)8(17)3-7(13)15-18-9-4-11-12(5-10(9)19-15)21-16(22)20-11/h3-6H,1-2H3,(H,18,19)(H2,20,21,22). The lowest BCUT2D eigenvalue weighted by Crippen LogP contribution is -1.99. The number of H-pyrrole nitrogens is 3. The molecular weight excluding hydrogens is 332 g/mol. The number of hydrogen-bond donors (Lipinski definition) is 3. The van der Waals surface area contributed by atoms with Crippen LogP contribution in [0.4, 0.5) is 0 Å². The van der Waals surface area contributed by atoms with Crippen LogP contribution < -0.4 is 15.2 Å². The van der Waals surface area contributed by atoms with E-state index >= 15 is 0 Å². The number of methoxy groups -OCH3 is 2. The second-order valence-corrected chi connectivity index (χ2v) is 5.67. The summed E-state index contributed by atoms with van der Waals surface area (Å²) < 4.78 is 10.6. The number of ether oxygens (including phenoxy) is 2. The average molecular weight is 345 g/mol. The van der Waals surface area contributed by atoms with Gasteiger partial charge in [-0.1, -0.05) is 11.6 Å². The first-order valence-corrected chi connectivity index (χ1v) is 7.50. The summed E-state index contributed by atoms with van der Waals surface area (Å²) in [6.07, 6.45) is 0. The zero-order valence-corrected chi connectivity index (χ0v) is 13.6. The van der Waals surface area contributed by atoms with Crippen LogP contribution in [0.2, 0.25) is 5.02 Å². The van der Waals surface area contributed by atoms with Crippen molar-refractivity contribution in [3.05, 3.63) is 39.8 Å². The van der Waals surface area contributed by atoms with Crippen LogP contribution in [-0.4, -0.2) is 34.2 Å². The second-order valence-electron chi connectivity index (χ2n) is 5.27. The maximum atomic E-state index is 11.4. The largest absolute Gasteiger partial charge is 0.496 e. The summed E-state index contributed by atoms with van der Waals surface area (Å²) in [6.45, 7) is 0. The Morgan fingerprint density at radius 1 is 0.917 bits per heavy atom. The summed E-state index contributed by atoms with van der Waals surface area (Å²) in [5.41, 5.74) is 3.40. The highest BCUT2D eigenvalue weighted by molar-refractivity contribution is 6.32. The maximum Gasteiger partial charge on any atom is 0.323 e. The molecule has 0 amide bonds. The molecule has 3 N–H and O–H groups in total. The zero-order chi connectivity index (χ0) is 16.8. The molecule has 0 aliphatic carbocycles. The van der Waals surface area contributed by atoms with E-state index in [9.17, 15) is 4.79 Å². The molecule has 0 atom stereocenters. The Morgan fingerprint density at radius 3 is 2.33 bits per heavy atom. The molecule has 2 heterocycles. The first-order valence-electron chi connectivity index (χ1n) is 7.12. The van der Waals surface area contributed by atoms with Crippen LogP contribution >= 0.6 is 11.6 Å². The number of halogens is 1. The van der Waals surface area contributed by atoms with Gasteiger partial charge in [0.1, 0.15) is 17.3 Å². The molecule has 0 aliphatic rings. The van der Waals surface area contributed by atoms with Crippen LogP contribution in [0.1, 0.15) is 0 Å². The Kier molecular flexibility index (Phi) is 3.24. The highest BCUT2D eigenvalue weighted by Gasteiger charge is 2.15. The molecule has 24 heavy (non-hydrogen) atoms. The zero-order valence-electron chi connectivity index (χ0n) is 12.9. The molecule has 0 bridgehead atoms. The van der Waals surface area contributed by atoms with E-state index in [2.05, 4.69) is 19.9 Å². The van der Waals surface area contributed by atoms with E-state index in [-0.39, 0.29) is 5.69 Å². The second kappa shape index (κ2) is 5.31. The third-order valence-electron chi connectivity index (χ3n) is 3.85. The molecule has 0 radical (unpaired) electrons. The minimum atomic E-state index is -0.249. The molecule has 4 aromatic rings. The van der Waals surface area contributed by atoms with Crippen molar-refractivity contribution in [1.82, 2.24) is 19.9 Å². The number of aromatic amines is 3. The summed E-state index contributed by atoms with van der Waals surface area (Å²) in [5, 5.41) is 0.463. The predicted molar refractivity (Wildman–Crippen MR) is 92.1 cm³/mol. The first kappa shape index (κ1) is 14.6. The maximum absolute atomic E-state index is 11.4. The van der Waals surface area contributed by atoms with Gasteiger partial charge in [-0.05, 0) is 18.2 Å². The number of aromatic nitrogens is 4. The molecule has 0 spiro atoms. The van der Waals surface area contributed by atoms with Crippen molar-refractivity contribution in [2.75, 3.05) is 14.2 Å². The smallest absolute Gasteiger partial charge is 0.323 e. The minimum absolute atomic E-state index is 0.249. The normalized spacial score (nSPS) is 11.3. The van der Waals surface area contributed by atoms with E-state index in [0.29, 0.717) is 33.4 Å². The quantitative estimate of drug-likeness (QED) is 0.532. The lowest BCUT2D eigenvalue weighted by Gasteiger charge is -2.10. The molecule has 4 rings (SSSR count). The Morgan fingerprint density at radius 2 is 1.62 bits per heavy atom. The number of benzene rings is 2. The van der Waals surface area contributed by atoms with E-state index in [0.717, 1.165) is 16.6 Å². The van der Waals surface area contributed by atoms with Crippen LogP contribution in [0.3, 0.4) is 0 Å². The monoisotopic (exact) mass is 344 g/mol. The Hall–Kier alpha value is -2.93. The highest BCUT2D eigenvalue weighted by atomic mass is 35.5. The van der Waals surface area contributed by atoms with Gasteiger partial charge >= 0.3 is 5.69 Å². The number of rotatable bonds is 3. The lowest BCUT2D eigenvalue weighted by atomic mass is 10.2. The average Bonchev–Trinajstić information content (AvgIpc) is 3.13. The van der Waals surface area contributed by atoms with Crippen molar-refractivity contribution in [3.8, 4) is 22.9 Å². The van der Waals surface area contributed by atoms with Crippen molar-refractivity contribution in [2.45, 2.75) is 0 Å². The Bertz CT molecular complexity index is 1070. The number of nitrogens with zero attached hydrogens (tertiary/aromatic N) is 1.